The number of anilines is 1. The van der Waals surface area contributed by atoms with E-state index in [1.807, 2.05) is 4.90 Å². The largest absolute Gasteiger partial charge is 0.417 e. The van der Waals surface area contributed by atoms with E-state index in [0.29, 0.717) is 12.4 Å². The highest BCUT2D eigenvalue weighted by molar-refractivity contribution is 5.43. The monoisotopic (exact) mass is 244 g/mol. The molecular weight excluding hydrogens is 233 g/mol. The molecule has 0 radical (unpaired) electrons. The molecule has 6 heteroatoms. The Hall–Kier alpha value is -1.30. The van der Waals surface area contributed by atoms with E-state index in [4.69, 9.17) is 4.74 Å². The number of nitrogens with zero attached hydrogens (tertiary/aromatic N) is 2. The van der Waals surface area contributed by atoms with Crippen molar-refractivity contribution in [2.24, 2.45) is 0 Å². The van der Waals surface area contributed by atoms with Gasteiger partial charge in [-0.2, -0.15) is 13.2 Å². The summed E-state index contributed by atoms with van der Waals surface area (Å²) in [6.45, 7) is 1.37. The standard InChI is InChI=1S/C11H11F3N2O/c12-11(13,14)7-1-2-10(15-4-7)16-5-9-3-8(16)6-17-9/h1-2,4,8-9H,3,5-6H2/t8-,9+/m0/s1. The lowest BCUT2D eigenvalue weighted by Crippen LogP contribution is -2.37. The molecule has 17 heavy (non-hydrogen) atoms. The SMILES string of the molecule is FC(F)(F)c1ccc(N2C[C@H]3C[C@H]2CO3)nc1. The molecular formula is C11H11F3N2O. The van der Waals surface area contributed by atoms with Crippen LogP contribution in [0.1, 0.15) is 12.0 Å². The molecule has 2 aliphatic heterocycles. The Kier molecular flexibility index (Phi) is 2.29. The molecule has 0 aromatic carbocycles. The molecule has 3 rings (SSSR count). The summed E-state index contributed by atoms with van der Waals surface area (Å²) < 4.78 is 42.6. The molecule has 0 N–H and O–H groups in total. The van der Waals surface area contributed by atoms with Crippen molar-refractivity contribution >= 4 is 5.82 Å². The summed E-state index contributed by atoms with van der Waals surface area (Å²) in [5.41, 5.74) is -0.707. The predicted octanol–water partition coefficient (Wildman–Crippen LogP) is 2.08. The van der Waals surface area contributed by atoms with Gasteiger partial charge in [-0.15, -0.1) is 0 Å². The van der Waals surface area contributed by atoms with Gasteiger partial charge in [-0.3, -0.25) is 0 Å². The van der Waals surface area contributed by atoms with Gasteiger partial charge in [-0.1, -0.05) is 0 Å². The molecule has 1 aromatic rings. The fraction of sp³-hybridized carbons (Fsp3) is 0.545. The van der Waals surface area contributed by atoms with Crippen LogP contribution in [0.15, 0.2) is 18.3 Å². The molecule has 1 aromatic heterocycles. The normalized spacial score (nSPS) is 27.8. The zero-order valence-electron chi connectivity index (χ0n) is 8.94. The van der Waals surface area contributed by atoms with Gasteiger partial charge in [0.05, 0.1) is 24.3 Å². The van der Waals surface area contributed by atoms with Crippen LogP contribution in [0.5, 0.6) is 0 Å². The van der Waals surface area contributed by atoms with Crippen LogP contribution in [-0.2, 0) is 10.9 Å². The first kappa shape index (κ1) is 10.8. The first-order valence-electron chi connectivity index (χ1n) is 5.45. The highest BCUT2D eigenvalue weighted by Gasteiger charge is 2.40. The van der Waals surface area contributed by atoms with Gasteiger partial charge in [-0.25, -0.2) is 4.98 Å². The number of halogens is 3. The van der Waals surface area contributed by atoms with Crippen LogP contribution in [0.2, 0.25) is 0 Å². The Labute approximate surface area is 96.2 Å². The molecule has 2 aliphatic rings. The molecule has 0 amide bonds. The lowest BCUT2D eigenvalue weighted by atomic mass is 10.2. The number of hydrogen-bond acceptors (Lipinski definition) is 3. The number of hydrogen-bond donors (Lipinski definition) is 0. The van der Waals surface area contributed by atoms with Crippen molar-refractivity contribution in [2.45, 2.75) is 24.7 Å². The third-order valence-electron chi connectivity index (χ3n) is 3.27. The van der Waals surface area contributed by atoms with Crippen LogP contribution in [0.25, 0.3) is 0 Å². The molecule has 2 saturated heterocycles. The molecule has 2 fully saturated rings. The maximum Gasteiger partial charge on any atom is 0.417 e. The quantitative estimate of drug-likeness (QED) is 0.756. The summed E-state index contributed by atoms with van der Waals surface area (Å²) in [6.07, 6.45) is -2.27. The number of pyridine rings is 1. The summed E-state index contributed by atoms with van der Waals surface area (Å²) in [6, 6.07) is 2.78. The van der Waals surface area contributed by atoms with Crippen LogP contribution >= 0.6 is 0 Å². The van der Waals surface area contributed by atoms with Gasteiger partial charge in [0, 0.05) is 12.7 Å². The van der Waals surface area contributed by atoms with Gasteiger partial charge in [0.2, 0.25) is 0 Å². The lowest BCUT2D eigenvalue weighted by Gasteiger charge is -2.27. The third-order valence-corrected chi connectivity index (χ3v) is 3.27. The average molecular weight is 244 g/mol. The minimum atomic E-state index is -4.32. The highest BCUT2D eigenvalue weighted by atomic mass is 19.4. The third kappa shape index (κ3) is 1.86. The molecule has 0 aliphatic carbocycles. The molecule has 3 nitrogen and oxygen atoms in total. The van der Waals surface area contributed by atoms with Gasteiger partial charge in [0.25, 0.3) is 0 Å². The van der Waals surface area contributed by atoms with Gasteiger partial charge in [0.1, 0.15) is 5.82 Å². The molecule has 92 valence electrons. The Bertz CT molecular complexity index is 418. The summed E-state index contributed by atoms with van der Waals surface area (Å²) in [7, 11) is 0. The van der Waals surface area contributed by atoms with Crippen molar-refractivity contribution in [1.29, 1.82) is 0 Å². The van der Waals surface area contributed by atoms with Crippen molar-refractivity contribution < 1.29 is 17.9 Å². The van der Waals surface area contributed by atoms with E-state index >= 15 is 0 Å². The van der Waals surface area contributed by atoms with E-state index in [0.717, 1.165) is 25.2 Å². The van der Waals surface area contributed by atoms with E-state index in [-0.39, 0.29) is 12.1 Å². The first-order chi connectivity index (χ1) is 8.04. The fourth-order valence-electron chi connectivity index (χ4n) is 2.40. The zero-order valence-corrected chi connectivity index (χ0v) is 8.94. The molecule has 2 atom stereocenters. The summed E-state index contributed by atoms with van der Waals surface area (Å²) in [4.78, 5) is 5.92. The van der Waals surface area contributed by atoms with Crippen molar-refractivity contribution in [3.8, 4) is 0 Å². The predicted molar refractivity (Wildman–Crippen MR) is 54.7 cm³/mol. The molecule has 0 unspecified atom stereocenters. The number of morpholine rings is 1. The number of alkyl halides is 3. The highest BCUT2D eigenvalue weighted by Crippen LogP contribution is 2.33. The number of fused-ring (bicyclic) bond motifs is 2. The van der Waals surface area contributed by atoms with E-state index in [2.05, 4.69) is 4.98 Å². The Morgan fingerprint density at radius 3 is 2.65 bits per heavy atom. The number of rotatable bonds is 1. The van der Waals surface area contributed by atoms with Crippen LogP contribution < -0.4 is 4.90 Å². The Morgan fingerprint density at radius 1 is 1.35 bits per heavy atom. The maximum absolute atomic E-state index is 12.4. The first-order valence-corrected chi connectivity index (χ1v) is 5.45. The molecule has 3 heterocycles. The van der Waals surface area contributed by atoms with E-state index in [9.17, 15) is 13.2 Å². The second-order valence-corrected chi connectivity index (χ2v) is 4.40. The molecule has 2 bridgehead atoms. The van der Waals surface area contributed by atoms with Crippen molar-refractivity contribution in [3.63, 3.8) is 0 Å². The van der Waals surface area contributed by atoms with Crippen molar-refractivity contribution in [2.75, 3.05) is 18.1 Å². The fourth-order valence-corrected chi connectivity index (χ4v) is 2.40. The van der Waals surface area contributed by atoms with Gasteiger partial charge in [-0.05, 0) is 18.6 Å². The van der Waals surface area contributed by atoms with Crippen LogP contribution in [0, 0.1) is 0 Å². The zero-order chi connectivity index (χ0) is 12.0. The summed E-state index contributed by atoms with van der Waals surface area (Å²) in [5, 5.41) is 0. The van der Waals surface area contributed by atoms with E-state index in [1.54, 1.807) is 0 Å². The maximum atomic E-state index is 12.4. The topological polar surface area (TPSA) is 25.4 Å². The Morgan fingerprint density at radius 2 is 2.18 bits per heavy atom. The van der Waals surface area contributed by atoms with Crippen LogP contribution in [-0.4, -0.2) is 30.3 Å². The van der Waals surface area contributed by atoms with Gasteiger partial charge < -0.3 is 9.64 Å². The van der Waals surface area contributed by atoms with Gasteiger partial charge >= 0.3 is 6.18 Å². The van der Waals surface area contributed by atoms with Crippen molar-refractivity contribution in [1.82, 2.24) is 4.98 Å². The Balaban J connectivity index is 1.81. The average Bonchev–Trinajstić information content (AvgIpc) is 2.89. The second-order valence-electron chi connectivity index (χ2n) is 4.40. The van der Waals surface area contributed by atoms with Gasteiger partial charge in [0.15, 0.2) is 0 Å². The second kappa shape index (κ2) is 3.60. The number of aromatic nitrogens is 1. The lowest BCUT2D eigenvalue weighted by molar-refractivity contribution is -0.137. The smallest absolute Gasteiger partial charge is 0.374 e. The molecule has 0 saturated carbocycles. The molecule has 0 spiro atoms. The van der Waals surface area contributed by atoms with Crippen LogP contribution in [0.3, 0.4) is 0 Å². The van der Waals surface area contributed by atoms with Crippen LogP contribution in [0.4, 0.5) is 19.0 Å². The number of ether oxygens (including phenoxy) is 1. The summed E-state index contributed by atoms with van der Waals surface area (Å²) >= 11 is 0. The van der Waals surface area contributed by atoms with E-state index < -0.39 is 11.7 Å². The summed E-state index contributed by atoms with van der Waals surface area (Å²) in [5.74, 6) is 0.605. The van der Waals surface area contributed by atoms with E-state index in [1.165, 1.54) is 6.07 Å². The van der Waals surface area contributed by atoms with Crippen molar-refractivity contribution in [3.05, 3.63) is 23.9 Å². The minimum Gasteiger partial charge on any atom is -0.374 e. The minimum absolute atomic E-state index is 0.212.